The van der Waals surface area contributed by atoms with Gasteiger partial charge in [-0.25, -0.2) is 0 Å². The SMILES string of the molecule is CCCCCCCCCCCCCCCCCC(=O)NC(C)c1ccc(OC)cc1. The minimum absolute atomic E-state index is 0.0414. The van der Waals surface area contributed by atoms with Crippen molar-refractivity contribution in [2.75, 3.05) is 7.11 Å². The Hall–Kier alpha value is -1.51. The number of carbonyl (C=O) groups is 1. The van der Waals surface area contributed by atoms with E-state index in [1.165, 1.54) is 89.9 Å². The Morgan fingerprint density at radius 2 is 1.20 bits per heavy atom. The molecule has 1 aromatic carbocycles. The normalized spacial score (nSPS) is 12.0. The molecule has 0 heterocycles. The minimum Gasteiger partial charge on any atom is -0.497 e. The largest absolute Gasteiger partial charge is 0.497 e. The first-order chi connectivity index (χ1) is 14.7. The Morgan fingerprint density at radius 3 is 1.63 bits per heavy atom. The van der Waals surface area contributed by atoms with Gasteiger partial charge in [0.05, 0.1) is 13.2 Å². The van der Waals surface area contributed by atoms with Crippen molar-refractivity contribution in [2.24, 2.45) is 0 Å². The van der Waals surface area contributed by atoms with E-state index in [-0.39, 0.29) is 11.9 Å². The van der Waals surface area contributed by atoms with Crippen molar-refractivity contribution in [1.82, 2.24) is 5.32 Å². The number of benzene rings is 1. The number of amides is 1. The topological polar surface area (TPSA) is 38.3 Å². The first kappa shape index (κ1) is 26.5. The molecule has 0 radical (unpaired) electrons. The van der Waals surface area contributed by atoms with E-state index in [1.807, 2.05) is 31.2 Å². The summed E-state index contributed by atoms with van der Waals surface area (Å²) in [5.74, 6) is 1.00. The standard InChI is InChI=1S/C27H47NO2/c1-4-5-6-7-8-9-10-11-12-13-14-15-16-17-18-19-27(29)28-24(2)25-20-22-26(30-3)23-21-25/h20-24H,4-19H2,1-3H3,(H,28,29). The maximum absolute atomic E-state index is 12.1. The minimum atomic E-state index is 0.0414. The number of hydrogen-bond acceptors (Lipinski definition) is 2. The van der Waals surface area contributed by atoms with Gasteiger partial charge in [0.25, 0.3) is 0 Å². The van der Waals surface area contributed by atoms with Crippen LogP contribution in [0.25, 0.3) is 0 Å². The van der Waals surface area contributed by atoms with Crippen LogP contribution in [0.3, 0.4) is 0 Å². The van der Waals surface area contributed by atoms with Crippen LogP contribution < -0.4 is 10.1 Å². The zero-order valence-corrected chi connectivity index (χ0v) is 20.0. The quantitative estimate of drug-likeness (QED) is 0.231. The van der Waals surface area contributed by atoms with E-state index >= 15 is 0 Å². The van der Waals surface area contributed by atoms with Crippen molar-refractivity contribution in [1.29, 1.82) is 0 Å². The van der Waals surface area contributed by atoms with Crippen LogP contribution in [0.2, 0.25) is 0 Å². The van der Waals surface area contributed by atoms with E-state index in [1.54, 1.807) is 7.11 Å². The molecule has 30 heavy (non-hydrogen) atoms. The van der Waals surface area contributed by atoms with Gasteiger partial charge in [-0.05, 0) is 31.0 Å². The zero-order valence-electron chi connectivity index (χ0n) is 20.0. The first-order valence-corrected chi connectivity index (χ1v) is 12.6. The predicted octanol–water partition coefficient (Wildman–Crippen LogP) is 8.13. The van der Waals surface area contributed by atoms with Crippen molar-refractivity contribution >= 4 is 5.91 Å². The summed E-state index contributed by atoms with van der Waals surface area (Å²) >= 11 is 0. The molecule has 1 rings (SSSR count). The van der Waals surface area contributed by atoms with Crippen LogP contribution in [0.1, 0.15) is 128 Å². The summed E-state index contributed by atoms with van der Waals surface area (Å²) in [6.07, 6.45) is 20.9. The van der Waals surface area contributed by atoms with Crippen molar-refractivity contribution in [3.8, 4) is 5.75 Å². The molecule has 0 aliphatic heterocycles. The van der Waals surface area contributed by atoms with Crippen LogP contribution in [0.5, 0.6) is 5.75 Å². The maximum Gasteiger partial charge on any atom is 0.220 e. The van der Waals surface area contributed by atoms with Crippen LogP contribution in [0.15, 0.2) is 24.3 Å². The first-order valence-electron chi connectivity index (χ1n) is 12.6. The van der Waals surface area contributed by atoms with Gasteiger partial charge < -0.3 is 10.1 Å². The predicted molar refractivity (Wildman–Crippen MR) is 129 cm³/mol. The molecule has 0 aromatic heterocycles. The molecule has 1 aromatic rings. The number of hydrogen-bond donors (Lipinski definition) is 1. The molecule has 0 saturated carbocycles. The molecule has 3 nitrogen and oxygen atoms in total. The van der Waals surface area contributed by atoms with E-state index in [0.29, 0.717) is 6.42 Å². The fraction of sp³-hybridized carbons (Fsp3) is 0.741. The smallest absolute Gasteiger partial charge is 0.220 e. The van der Waals surface area contributed by atoms with Crippen LogP contribution in [0.4, 0.5) is 0 Å². The summed E-state index contributed by atoms with van der Waals surface area (Å²) in [7, 11) is 1.66. The molecule has 0 fully saturated rings. The van der Waals surface area contributed by atoms with Crippen molar-refractivity contribution < 1.29 is 9.53 Å². The van der Waals surface area contributed by atoms with Gasteiger partial charge in [-0.15, -0.1) is 0 Å². The summed E-state index contributed by atoms with van der Waals surface area (Å²) < 4.78 is 5.18. The lowest BCUT2D eigenvalue weighted by molar-refractivity contribution is -0.121. The highest BCUT2D eigenvalue weighted by atomic mass is 16.5. The van der Waals surface area contributed by atoms with Gasteiger partial charge >= 0.3 is 0 Å². The third kappa shape index (κ3) is 13.7. The molecule has 1 atom stereocenters. The van der Waals surface area contributed by atoms with Crippen LogP contribution in [-0.4, -0.2) is 13.0 Å². The van der Waals surface area contributed by atoms with Crippen LogP contribution >= 0.6 is 0 Å². The van der Waals surface area contributed by atoms with E-state index in [2.05, 4.69) is 12.2 Å². The summed E-state index contributed by atoms with van der Waals surface area (Å²) in [5.41, 5.74) is 1.11. The highest BCUT2D eigenvalue weighted by Crippen LogP contribution is 2.18. The summed E-state index contributed by atoms with van der Waals surface area (Å²) in [4.78, 5) is 12.1. The van der Waals surface area contributed by atoms with Crippen molar-refractivity contribution in [3.05, 3.63) is 29.8 Å². The average molecular weight is 418 g/mol. The molecule has 1 N–H and O–H groups in total. The molecule has 0 aliphatic carbocycles. The third-order valence-electron chi connectivity index (χ3n) is 6.00. The highest BCUT2D eigenvalue weighted by Gasteiger charge is 2.09. The number of unbranched alkanes of at least 4 members (excludes halogenated alkanes) is 14. The van der Waals surface area contributed by atoms with Gasteiger partial charge in [-0.3, -0.25) is 4.79 Å². The molecule has 0 spiro atoms. The molecule has 0 saturated heterocycles. The Balaban J connectivity index is 1.89. The Labute approximate surface area is 186 Å². The molecule has 1 unspecified atom stereocenters. The van der Waals surface area contributed by atoms with Gasteiger partial charge in [0.2, 0.25) is 5.91 Å². The lowest BCUT2D eigenvalue weighted by Crippen LogP contribution is -2.26. The van der Waals surface area contributed by atoms with Gasteiger partial charge in [-0.1, -0.05) is 109 Å². The fourth-order valence-electron chi connectivity index (χ4n) is 3.95. The van der Waals surface area contributed by atoms with E-state index in [9.17, 15) is 4.79 Å². The number of rotatable bonds is 19. The van der Waals surface area contributed by atoms with E-state index in [0.717, 1.165) is 17.7 Å². The second-order valence-electron chi connectivity index (χ2n) is 8.76. The van der Waals surface area contributed by atoms with E-state index in [4.69, 9.17) is 4.74 Å². The Morgan fingerprint density at radius 1 is 0.767 bits per heavy atom. The molecule has 3 heteroatoms. The second kappa shape index (κ2) is 18.3. The molecule has 1 amide bonds. The molecular weight excluding hydrogens is 370 g/mol. The number of carbonyl (C=O) groups excluding carboxylic acids is 1. The molecule has 0 aliphatic rings. The number of nitrogens with one attached hydrogen (secondary N) is 1. The number of ether oxygens (including phenoxy) is 1. The van der Waals surface area contributed by atoms with Gasteiger partial charge in [0, 0.05) is 6.42 Å². The average Bonchev–Trinajstić information content (AvgIpc) is 2.76. The Bertz CT molecular complexity index is 526. The third-order valence-corrected chi connectivity index (χ3v) is 6.00. The molecular formula is C27H47NO2. The van der Waals surface area contributed by atoms with Gasteiger partial charge in [0.1, 0.15) is 5.75 Å². The van der Waals surface area contributed by atoms with Crippen molar-refractivity contribution in [3.63, 3.8) is 0 Å². The lowest BCUT2D eigenvalue weighted by Gasteiger charge is -2.14. The highest BCUT2D eigenvalue weighted by molar-refractivity contribution is 5.76. The van der Waals surface area contributed by atoms with E-state index < -0.39 is 0 Å². The number of methoxy groups -OCH3 is 1. The van der Waals surface area contributed by atoms with Gasteiger partial charge in [-0.2, -0.15) is 0 Å². The van der Waals surface area contributed by atoms with Gasteiger partial charge in [0.15, 0.2) is 0 Å². The summed E-state index contributed by atoms with van der Waals surface area (Å²) in [6, 6.07) is 7.94. The molecule has 0 bridgehead atoms. The Kier molecular flexibility index (Phi) is 16.2. The van der Waals surface area contributed by atoms with Crippen LogP contribution in [-0.2, 0) is 4.79 Å². The zero-order chi connectivity index (χ0) is 21.9. The lowest BCUT2D eigenvalue weighted by atomic mass is 10.0. The molecule has 172 valence electrons. The maximum atomic E-state index is 12.1. The van der Waals surface area contributed by atoms with Crippen LogP contribution in [0, 0.1) is 0 Å². The summed E-state index contributed by atoms with van der Waals surface area (Å²) in [5, 5.41) is 3.10. The van der Waals surface area contributed by atoms with Crippen molar-refractivity contribution in [2.45, 2.75) is 123 Å². The summed E-state index contributed by atoms with van der Waals surface area (Å²) in [6.45, 7) is 4.31. The monoisotopic (exact) mass is 417 g/mol. The fourth-order valence-corrected chi connectivity index (χ4v) is 3.95. The second-order valence-corrected chi connectivity index (χ2v) is 8.76.